The van der Waals surface area contributed by atoms with Crippen LogP contribution in [0.15, 0.2) is 18.2 Å². The molecule has 106 valence electrons. The lowest BCUT2D eigenvalue weighted by molar-refractivity contribution is 0.100. The van der Waals surface area contributed by atoms with E-state index in [0.717, 1.165) is 12.2 Å². The van der Waals surface area contributed by atoms with Gasteiger partial charge in [0.1, 0.15) is 0 Å². The van der Waals surface area contributed by atoms with Crippen LogP contribution in [0.1, 0.15) is 24.2 Å². The molecule has 0 aliphatic heterocycles. The summed E-state index contributed by atoms with van der Waals surface area (Å²) in [5, 5.41) is 3.39. The fraction of sp³-hybridized carbons (Fsp3) is 0.500. The van der Waals surface area contributed by atoms with E-state index in [1.54, 1.807) is 18.2 Å². The monoisotopic (exact) mass is 264 g/mol. The third-order valence-corrected chi connectivity index (χ3v) is 3.02. The van der Waals surface area contributed by atoms with Crippen molar-refractivity contribution < 1.29 is 4.79 Å². The van der Waals surface area contributed by atoms with Crippen LogP contribution in [0.3, 0.4) is 0 Å². The zero-order chi connectivity index (χ0) is 14.6. The van der Waals surface area contributed by atoms with Crippen molar-refractivity contribution in [1.82, 2.24) is 4.90 Å². The Morgan fingerprint density at radius 1 is 1.37 bits per heavy atom. The number of benzene rings is 1. The third kappa shape index (κ3) is 4.44. The van der Waals surface area contributed by atoms with Gasteiger partial charge in [-0.1, -0.05) is 13.8 Å². The van der Waals surface area contributed by atoms with Gasteiger partial charge in [0.25, 0.3) is 5.91 Å². The molecule has 5 nitrogen and oxygen atoms in total. The molecule has 0 saturated carbocycles. The zero-order valence-corrected chi connectivity index (χ0v) is 12.1. The zero-order valence-electron chi connectivity index (χ0n) is 12.1. The number of primary amides is 1. The molecule has 1 unspecified atom stereocenters. The lowest BCUT2D eigenvalue weighted by Gasteiger charge is -2.27. The van der Waals surface area contributed by atoms with Crippen molar-refractivity contribution in [2.24, 2.45) is 11.7 Å². The number of amides is 1. The molecular formula is C14H24N4O. The van der Waals surface area contributed by atoms with Gasteiger partial charge in [-0.25, -0.2) is 0 Å². The molecule has 0 aromatic heterocycles. The minimum absolute atomic E-state index is 0.233. The minimum Gasteiger partial charge on any atom is -0.399 e. The number of nitrogens with two attached hydrogens (primary N) is 2. The predicted octanol–water partition coefficient (Wildman–Crippen LogP) is 1.37. The van der Waals surface area contributed by atoms with Crippen molar-refractivity contribution in [2.75, 3.05) is 31.7 Å². The van der Waals surface area contributed by atoms with Crippen LogP contribution in [-0.4, -0.2) is 37.5 Å². The highest BCUT2D eigenvalue weighted by Crippen LogP contribution is 2.21. The summed E-state index contributed by atoms with van der Waals surface area (Å²) >= 11 is 0. The van der Waals surface area contributed by atoms with Crippen LogP contribution >= 0.6 is 0 Å². The van der Waals surface area contributed by atoms with Crippen LogP contribution in [0.25, 0.3) is 0 Å². The van der Waals surface area contributed by atoms with E-state index < -0.39 is 5.91 Å². The summed E-state index contributed by atoms with van der Waals surface area (Å²) in [6.45, 7) is 5.16. The van der Waals surface area contributed by atoms with Crippen LogP contribution in [0, 0.1) is 5.92 Å². The molecule has 0 radical (unpaired) electrons. The molecule has 1 aromatic carbocycles. The SMILES string of the molecule is CC(C)C(CN(C)C)Nc1ccc(N)cc1C(N)=O. The van der Waals surface area contributed by atoms with Crippen LogP contribution < -0.4 is 16.8 Å². The van der Waals surface area contributed by atoms with E-state index in [1.165, 1.54) is 0 Å². The molecular weight excluding hydrogens is 240 g/mol. The van der Waals surface area contributed by atoms with Gasteiger partial charge in [0.2, 0.25) is 0 Å². The Kier molecular flexibility index (Phi) is 5.18. The van der Waals surface area contributed by atoms with Gasteiger partial charge in [0, 0.05) is 24.0 Å². The van der Waals surface area contributed by atoms with E-state index in [-0.39, 0.29) is 6.04 Å². The van der Waals surface area contributed by atoms with E-state index in [2.05, 4.69) is 24.1 Å². The number of rotatable bonds is 6. The topological polar surface area (TPSA) is 84.4 Å². The summed E-state index contributed by atoms with van der Waals surface area (Å²) < 4.78 is 0. The molecule has 1 amide bonds. The van der Waals surface area contributed by atoms with E-state index in [0.29, 0.717) is 17.2 Å². The quantitative estimate of drug-likeness (QED) is 0.677. The van der Waals surface area contributed by atoms with Gasteiger partial charge in [-0.05, 0) is 38.2 Å². The lowest BCUT2D eigenvalue weighted by Crippen LogP contribution is -2.37. The summed E-state index contributed by atoms with van der Waals surface area (Å²) in [5.41, 5.74) is 12.8. The second kappa shape index (κ2) is 6.43. The van der Waals surface area contributed by atoms with Crippen molar-refractivity contribution >= 4 is 17.3 Å². The van der Waals surface area contributed by atoms with Crippen LogP contribution in [0.4, 0.5) is 11.4 Å². The van der Waals surface area contributed by atoms with Crippen LogP contribution in [0.2, 0.25) is 0 Å². The second-order valence-electron chi connectivity index (χ2n) is 5.43. The number of carbonyl (C=O) groups excluding carboxylic acids is 1. The van der Waals surface area contributed by atoms with Gasteiger partial charge in [0.15, 0.2) is 0 Å². The summed E-state index contributed by atoms with van der Waals surface area (Å²) in [5.74, 6) is -0.0390. The van der Waals surface area contributed by atoms with E-state index in [1.807, 2.05) is 14.1 Å². The number of anilines is 2. The molecule has 0 fully saturated rings. The van der Waals surface area contributed by atoms with Gasteiger partial charge in [-0.15, -0.1) is 0 Å². The lowest BCUT2D eigenvalue weighted by atomic mass is 10.0. The average Bonchev–Trinajstić information content (AvgIpc) is 2.29. The van der Waals surface area contributed by atoms with Gasteiger partial charge >= 0.3 is 0 Å². The summed E-state index contributed by atoms with van der Waals surface area (Å²) in [6, 6.07) is 5.41. The van der Waals surface area contributed by atoms with Crippen molar-refractivity contribution in [3.05, 3.63) is 23.8 Å². The Bertz CT molecular complexity index is 443. The third-order valence-electron chi connectivity index (χ3n) is 3.02. The molecule has 0 heterocycles. The predicted molar refractivity (Wildman–Crippen MR) is 80.2 cm³/mol. The van der Waals surface area contributed by atoms with E-state index in [9.17, 15) is 4.79 Å². The highest BCUT2D eigenvalue weighted by Gasteiger charge is 2.17. The molecule has 1 aromatic rings. The molecule has 19 heavy (non-hydrogen) atoms. The number of nitrogens with zero attached hydrogens (tertiary/aromatic N) is 1. The number of hydrogen-bond donors (Lipinski definition) is 3. The normalized spacial score (nSPS) is 12.7. The average molecular weight is 264 g/mol. The Morgan fingerprint density at radius 3 is 2.47 bits per heavy atom. The number of nitrogen functional groups attached to an aromatic ring is 1. The maximum atomic E-state index is 11.5. The number of nitrogens with one attached hydrogen (secondary N) is 1. The minimum atomic E-state index is -0.470. The fourth-order valence-corrected chi connectivity index (χ4v) is 1.91. The number of likely N-dealkylation sites (N-methyl/N-ethyl adjacent to an activating group) is 1. The Labute approximate surface area is 115 Å². The maximum Gasteiger partial charge on any atom is 0.250 e. The first-order valence-corrected chi connectivity index (χ1v) is 6.42. The smallest absolute Gasteiger partial charge is 0.250 e. The second-order valence-corrected chi connectivity index (χ2v) is 5.43. The van der Waals surface area contributed by atoms with E-state index >= 15 is 0 Å². The Balaban J connectivity index is 2.99. The summed E-state index contributed by atoms with van der Waals surface area (Å²) in [7, 11) is 4.05. The van der Waals surface area contributed by atoms with Gasteiger partial charge in [-0.3, -0.25) is 4.79 Å². The van der Waals surface area contributed by atoms with Crippen LogP contribution in [0.5, 0.6) is 0 Å². The number of carbonyl (C=O) groups is 1. The molecule has 0 saturated heterocycles. The molecule has 0 spiro atoms. The van der Waals surface area contributed by atoms with Crippen molar-refractivity contribution in [3.8, 4) is 0 Å². The fourth-order valence-electron chi connectivity index (χ4n) is 1.91. The van der Waals surface area contributed by atoms with Crippen LogP contribution in [-0.2, 0) is 0 Å². The molecule has 5 N–H and O–H groups in total. The maximum absolute atomic E-state index is 11.5. The Hall–Kier alpha value is -1.75. The first-order valence-electron chi connectivity index (χ1n) is 6.42. The highest BCUT2D eigenvalue weighted by atomic mass is 16.1. The molecule has 5 heteroatoms. The van der Waals surface area contributed by atoms with Crippen molar-refractivity contribution in [1.29, 1.82) is 0 Å². The van der Waals surface area contributed by atoms with Gasteiger partial charge in [0.05, 0.1) is 5.56 Å². The number of hydrogen-bond acceptors (Lipinski definition) is 4. The first kappa shape index (κ1) is 15.3. The first-order chi connectivity index (χ1) is 8.81. The molecule has 0 aliphatic carbocycles. The molecule has 1 atom stereocenters. The summed E-state index contributed by atoms with van der Waals surface area (Å²) in [6.07, 6.45) is 0. The standard InChI is InChI=1S/C14H24N4O/c1-9(2)13(8-18(3)4)17-12-6-5-10(15)7-11(12)14(16)19/h5-7,9,13,17H,8,15H2,1-4H3,(H2,16,19). The van der Waals surface area contributed by atoms with E-state index in [4.69, 9.17) is 11.5 Å². The van der Waals surface area contributed by atoms with Crippen molar-refractivity contribution in [3.63, 3.8) is 0 Å². The molecule has 0 bridgehead atoms. The summed E-state index contributed by atoms with van der Waals surface area (Å²) in [4.78, 5) is 13.6. The van der Waals surface area contributed by atoms with Gasteiger partial charge in [-0.2, -0.15) is 0 Å². The van der Waals surface area contributed by atoms with Crippen molar-refractivity contribution in [2.45, 2.75) is 19.9 Å². The molecule has 1 rings (SSSR count). The molecule has 0 aliphatic rings. The Morgan fingerprint density at radius 2 is 2.00 bits per heavy atom. The highest BCUT2D eigenvalue weighted by molar-refractivity contribution is 5.99. The largest absolute Gasteiger partial charge is 0.399 e. The van der Waals surface area contributed by atoms with Gasteiger partial charge < -0.3 is 21.7 Å².